The summed E-state index contributed by atoms with van der Waals surface area (Å²) in [6, 6.07) is 0. The number of carbonyl (C=O) groups excluding carboxylic acids is 1. The van der Waals surface area contributed by atoms with Crippen LogP contribution >= 0.6 is 0 Å². The molecule has 2 nitrogen and oxygen atoms in total. The van der Waals surface area contributed by atoms with Gasteiger partial charge in [-0.15, -0.1) is 0 Å². The zero-order valence-electron chi connectivity index (χ0n) is 6.97. The highest BCUT2D eigenvalue weighted by Crippen LogP contribution is 2.29. The van der Waals surface area contributed by atoms with Crippen molar-refractivity contribution in [1.82, 2.24) is 0 Å². The van der Waals surface area contributed by atoms with E-state index < -0.39 is 0 Å². The highest BCUT2D eigenvalue weighted by atomic mass is 16.1. The molecule has 1 saturated carbocycles. The van der Waals surface area contributed by atoms with Crippen molar-refractivity contribution in [3.8, 4) is 0 Å². The maximum absolute atomic E-state index is 11.1. The number of rotatable bonds is 3. The summed E-state index contributed by atoms with van der Waals surface area (Å²) >= 11 is 0. The van der Waals surface area contributed by atoms with Crippen LogP contribution in [0.1, 0.15) is 32.6 Å². The van der Waals surface area contributed by atoms with Gasteiger partial charge in [-0.2, -0.15) is 0 Å². The van der Waals surface area contributed by atoms with E-state index in [1.165, 1.54) is 19.3 Å². The Hall–Kier alpha value is -0.790. The minimum Gasteiger partial charge on any atom is -0.402 e. The average Bonchev–Trinajstić information content (AvgIpc) is 1.77. The van der Waals surface area contributed by atoms with Crippen molar-refractivity contribution in [2.24, 2.45) is 11.7 Å². The highest BCUT2D eigenvalue weighted by Gasteiger charge is 2.19. The lowest BCUT2D eigenvalue weighted by Crippen LogP contribution is -2.15. The van der Waals surface area contributed by atoms with Gasteiger partial charge in [0, 0.05) is 12.1 Å². The van der Waals surface area contributed by atoms with Gasteiger partial charge in [0.25, 0.3) is 0 Å². The molecule has 0 aromatic carbocycles. The molecule has 1 aliphatic rings. The Morgan fingerprint density at radius 1 is 1.64 bits per heavy atom. The number of nitrogens with two attached hydrogens (primary N) is 1. The van der Waals surface area contributed by atoms with Crippen LogP contribution in [-0.2, 0) is 4.79 Å². The van der Waals surface area contributed by atoms with Gasteiger partial charge in [0.15, 0.2) is 5.78 Å². The topological polar surface area (TPSA) is 43.1 Å². The van der Waals surface area contributed by atoms with Crippen molar-refractivity contribution >= 4 is 5.78 Å². The number of carbonyl (C=O) groups is 1. The molecule has 2 N–H and O–H groups in total. The fraction of sp³-hybridized carbons (Fsp3) is 0.667. The van der Waals surface area contributed by atoms with Crippen LogP contribution in [0.15, 0.2) is 11.8 Å². The number of ketones is 1. The molecule has 0 saturated heterocycles. The molecule has 0 unspecified atom stereocenters. The van der Waals surface area contributed by atoms with Crippen molar-refractivity contribution in [3.05, 3.63) is 11.8 Å². The molecule has 2 heteroatoms. The molecule has 62 valence electrons. The van der Waals surface area contributed by atoms with Crippen molar-refractivity contribution in [1.29, 1.82) is 0 Å². The minimum absolute atomic E-state index is 0.190. The Balaban J connectivity index is 2.25. The van der Waals surface area contributed by atoms with Crippen molar-refractivity contribution in [3.63, 3.8) is 0 Å². The maximum atomic E-state index is 11.1. The zero-order valence-corrected chi connectivity index (χ0v) is 6.97. The monoisotopic (exact) mass is 153 g/mol. The molecule has 1 rings (SSSR count). The Morgan fingerprint density at radius 3 is 2.64 bits per heavy atom. The highest BCUT2D eigenvalue weighted by molar-refractivity contribution is 5.90. The van der Waals surface area contributed by atoms with E-state index >= 15 is 0 Å². The van der Waals surface area contributed by atoms with Gasteiger partial charge in [-0.25, -0.2) is 0 Å². The van der Waals surface area contributed by atoms with Crippen LogP contribution in [0.5, 0.6) is 0 Å². The van der Waals surface area contributed by atoms with Crippen molar-refractivity contribution < 1.29 is 4.79 Å². The summed E-state index contributed by atoms with van der Waals surface area (Å²) in [7, 11) is 0. The fourth-order valence-electron chi connectivity index (χ4n) is 1.29. The standard InChI is InChI=1S/C9H15NO/c1-7(10)5-9(11)6-8-3-2-4-8/h5,8H,2-4,6,10H2,1H3/b7-5+. The molecule has 0 aromatic rings. The van der Waals surface area contributed by atoms with Gasteiger partial charge in [0.1, 0.15) is 0 Å². The van der Waals surface area contributed by atoms with Crippen LogP contribution in [0.3, 0.4) is 0 Å². The first-order valence-electron chi connectivity index (χ1n) is 4.15. The van der Waals surface area contributed by atoms with Gasteiger partial charge in [-0.05, 0) is 18.9 Å². The van der Waals surface area contributed by atoms with Crippen LogP contribution in [0.2, 0.25) is 0 Å². The van der Waals surface area contributed by atoms with Crippen LogP contribution < -0.4 is 5.73 Å². The van der Waals surface area contributed by atoms with Crippen LogP contribution in [0.4, 0.5) is 0 Å². The predicted octanol–water partition coefficient (Wildman–Crippen LogP) is 1.61. The second-order valence-electron chi connectivity index (χ2n) is 3.36. The van der Waals surface area contributed by atoms with Gasteiger partial charge in [0.05, 0.1) is 0 Å². The Morgan fingerprint density at radius 2 is 2.27 bits per heavy atom. The normalized spacial score (nSPS) is 19.5. The van der Waals surface area contributed by atoms with Crippen LogP contribution in [-0.4, -0.2) is 5.78 Å². The van der Waals surface area contributed by atoms with E-state index in [1.54, 1.807) is 13.0 Å². The van der Waals surface area contributed by atoms with Crippen molar-refractivity contribution in [2.75, 3.05) is 0 Å². The third-order valence-electron chi connectivity index (χ3n) is 2.10. The van der Waals surface area contributed by atoms with Gasteiger partial charge >= 0.3 is 0 Å². The van der Waals surface area contributed by atoms with E-state index in [4.69, 9.17) is 5.73 Å². The number of hydrogen-bond donors (Lipinski definition) is 1. The van der Waals surface area contributed by atoms with E-state index in [1.807, 2.05) is 0 Å². The largest absolute Gasteiger partial charge is 0.402 e. The first-order chi connectivity index (χ1) is 5.18. The molecule has 0 spiro atoms. The quantitative estimate of drug-likeness (QED) is 0.626. The first kappa shape index (κ1) is 8.31. The number of allylic oxidation sites excluding steroid dienone is 2. The van der Waals surface area contributed by atoms with E-state index in [9.17, 15) is 4.79 Å². The molecule has 11 heavy (non-hydrogen) atoms. The molecule has 0 atom stereocenters. The lowest BCUT2D eigenvalue weighted by molar-refractivity contribution is -0.116. The summed E-state index contributed by atoms with van der Waals surface area (Å²) in [6.45, 7) is 1.75. The molecular weight excluding hydrogens is 138 g/mol. The molecule has 0 aliphatic heterocycles. The summed E-state index contributed by atoms with van der Waals surface area (Å²) < 4.78 is 0. The maximum Gasteiger partial charge on any atom is 0.157 e. The first-order valence-corrected chi connectivity index (χ1v) is 4.15. The summed E-state index contributed by atoms with van der Waals surface area (Å²) in [4.78, 5) is 11.1. The molecule has 1 fully saturated rings. The molecule has 1 aliphatic carbocycles. The molecular formula is C9H15NO. The average molecular weight is 153 g/mol. The third-order valence-corrected chi connectivity index (χ3v) is 2.10. The van der Waals surface area contributed by atoms with Crippen molar-refractivity contribution in [2.45, 2.75) is 32.6 Å². The molecule has 0 aromatic heterocycles. The SMILES string of the molecule is C/C(N)=C\C(=O)CC1CCC1. The fourth-order valence-corrected chi connectivity index (χ4v) is 1.29. The molecule has 0 bridgehead atoms. The van der Waals surface area contributed by atoms with Gasteiger partial charge in [-0.3, -0.25) is 4.79 Å². The number of hydrogen-bond acceptors (Lipinski definition) is 2. The zero-order chi connectivity index (χ0) is 8.27. The molecule has 0 heterocycles. The van der Waals surface area contributed by atoms with E-state index in [2.05, 4.69) is 0 Å². The second kappa shape index (κ2) is 3.56. The second-order valence-corrected chi connectivity index (χ2v) is 3.36. The Labute approximate surface area is 67.5 Å². The lowest BCUT2D eigenvalue weighted by Gasteiger charge is -2.23. The smallest absolute Gasteiger partial charge is 0.157 e. The van der Waals surface area contributed by atoms with Gasteiger partial charge < -0.3 is 5.73 Å². The Bertz CT molecular complexity index is 176. The van der Waals surface area contributed by atoms with Crippen LogP contribution in [0.25, 0.3) is 0 Å². The predicted molar refractivity (Wildman–Crippen MR) is 44.9 cm³/mol. The van der Waals surface area contributed by atoms with E-state index in [-0.39, 0.29) is 5.78 Å². The minimum atomic E-state index is 0.190. The summed E-state index contributed by atoms with van der Waals surface area (Å²) in [6.07, 6.45) is 5.99. The van der Waals surface area contributed by atoms with E-state index in [0.29, 0.717) is 18.0 Å². The third kappa shape index (κ3) is 2.74. The molecule has 0 amide bonds. The lowest BCUT2D eigenvalue weighted by atomic mass is 9.82. The van der Waals surface area contributed by atoms with E-state index in [0.717, 1.165) is 0 Å². The van der Waals surface area contributed by atoms with Gasteiger partial charge in [-0.1, -0.05) is 19.3 Å². The summed E-state index contributed by atoms with van der Waals surface area (Å²) in [5.74, 6) is 0.841. The van der Waals surface area contributed by atoms with Crippen LogP contribution in [0, 0.1) is 5.92 Å². The van der Waals surface area contributed by atoms with Gasteiger partial charge in [0.2, 0.25) is 0 Å². The summed E-state index contributed by atoms with van der Waals surface area (Å²) in [5.41, 5.74) is 5.99. The summed E-state index contributed by atoms with van der Waals surface area (Å²) in [5, 5.41) is 0. The molecule has 0 radical (unpaired) electrons. The Kier molecular flexibility index (Phi) is 2.69.